The van der Waals surface area contributed by atoms with Crippen LogP contribution >= 0.6 is 0 Å². The van der Waals surface area contributed by atoms with Crippen molar-refractivity contribution in [2.45, 2.75) is 18.6 Å². The number of aliphatic hydroxyl groups is 1. The van der Waals surface area contributed by atoms with Gasteiger partial charge in [-0.15, -0.1) is 5.10 Å². The predicted octanol–water partition coefficient (Wildman–Crippen LogP) is 0.925. The van der Waals surface area contributed by atoms with Gasteiger partial charge in [-0.3, -0.25) is 0 Å². The number of halogens is 5. The first-order valence-electron chi connectivity index (χ1n) is 3.67. The monoisotopic (exact) mass is 231 g/mol. The van der Waals surface area contributed by atoms with Crippen LogP contribution in [0.4, 0.5) is 22.0 Å². The molecule has 0 amide bonds. The number of alkyl halides is 5. The molecule has 15 heavy (non-hydrogen) atoms. The highest BCUT2D eigenvalue weighted by Gasteiger charge is 2.60. The van der Waals surface area contributed by atoms with Gasteiger partial charge in [0.1, 0.15) is 13.1 Å². The van der Waals surface area contributed by atoms with Gasteiger partial charge >= 0.3 is 11.8 Å². The lowest BCUT2D eigenvalue weighted by atomic mass is 10.2. The molecule has 0 unspecified atom stereocenters. The zero-order valence-electron chi connectivity index (χ0n) is 7.17. The van der Waals surface area contributed by atoms with E-state index in [0.717, 1.165) is 0 Å². The fraction of sp³-hybridized carbons (Fsp3) is 0.667. The molecule has 4 nitrogen and oxygen atoms in total. The van der Waals surface area contributed by atoms with Gasteiger partial charge in [0.15, 0.2) is 6.67 Å². The van der Waals surface area contributed by atoms with Gasteiger partial charge in [0.05, 0.1) is 0 Å². The van der Waals surface area contributed by atoms with Gasteiger partial charge in [0.2, 0.25) is 5.82 Å². The van der Waals surface area contributed by atoms with Crippen LogP contribution in [-0.2, 0) is 12.7 Å². The fourth-order valence-electron chi connectivity index (χ4n) is 0.754. The molecule has 1 N–H and O–H groups in total. The van der Waals surface area contributed by atoms with Crippen LogP contribution in [0.1, 0.15) is 5.82 Å². The molecule has 0 aromatic carbocycles. The summed E-state index contributed by atoms with van der Waals surface area (Å²) in [5.41, 5.74) is 0. The molecule has 1 aromatic rings. The Kier molecular flexibility index (Phi) is 2.93. The van der Waals surface area contributed by atoms with Crippen LogP contribution in [0.5, 0.6) is 0 Å². The molecule has 1 aromatic heterocycles. The van der Waals surface area contributed by atoms with E-state index in [1.165, 1.54) is 0 Å². The van der Waals surface area contributed by atoms with E-state index in [2.05, 4.69) is 10.1 Å². The average Bonchev–Trinajstić information content (AvgIpc) is 2.66. The summed E-state index contributed by atoms with van der Waals surface area (Å²) in [7, 11) is 0. The second kappa shape index (κ2) is 3.72. The maximum absolute atomic E-state index is 12.9. The highest BCUT2D eigenvalue weighted by molar-refractivity contribution is 5.01. The Morgan fingerprint density at radius 2 is 1.93 bits per heavy atom. The molecule has 0 saturated carbocycles. The zero-order chi connectivity index (χ0) is 11.7. The number of aliphatic hydroxyl groups excluding tert-OH is 1. The molecule has 1 rings (SSSR count). The predicted molar refractivity (Wildman–Crippen MR) is 37.1 cm³/mol. The van der Waals surface area contributed by atoms with E-state index in [9.17, 15) is 22.0 Å². The molecule has 0 spiro atoms. The summed E-state index contributed by atoms with van der Waals surface area (Å²) < 4.78 is 62.9. The van der Waals surface area contributed by atoms with Gasteiger partial charge in [-0.05, 0) is 0 Å². The number of aromatic nitrogens is 3. The quantitative estimate of drug-likeness (QED) is 0.784. The molecule has 0 saturated heterocycles. The van der Waals surface area contributed by atoms with Crippen molar-refractivity contribution in [2.24, 2.45) is 0 Å². The average molecular weight is 231 g/mol. The second-order valence-electron chi connectivity index (χ2n) is 2.66. The third-order valence-corrected chi connectivity index (χ3v) is 1.59. The largest absolute Gasteiger partial charge is 0.374 e. The van der Waals surface area contributed by atoms with Crippen molar-refractivity contribution in [1.29, 1.82) is 0 Å². The molecule has 0 aliphatic carbocycles. The van der Waals surface area contributed by atoms with Crippen molar-refractivity contribution in [3.8, 4) is 0 Å². The summed E-state index contributed by atoms with van der Waals surface area (Å²) >= 11 is 0. The number of hydrogen-bond donors (Lipinski definition) is 1. The van der Waals surface area contributed by atoms with Gasteiger partial charge in [-0.25, -0.2) is 14.1 Å². The minimum Gasteiger partial charge on any atom is -0.374 e. The molecule has 0 aliphatic rings. The highest BCUT2D eigenvalue weighted by Crippen LogP contribution is 2.41. The Bertz CT molecular complexity index is 339. The third-order valence-electron chi connectivity index (χ3n) is 1.59. The second-order valence-corrected chi connectivity index (χ2v) is 2.66. The third kappa shape index (κ3) is 1.91. The molecule has 86 valence electrons. The van der Waals surface area contributed by atoms with Gasteiger partial charge in [-0.1, -0.05) is 0 Å². The minimum atomic E-state index is -4.87. The summed E-state index contributed by atoms with van der Waals surface area (Å²) in [6.45, 7) is -3.31. The molecule has 1 heterocycles. The van der Waals surface area contributed by atoms with Crippen molar-refractivity contribution in [1.82, 2.24) is 14.8 Å². The van der Waals surface area contributed by atoms with Crippen LogP contribution in [0.25, 0.3) is 0 Å². The van der Waals surface area contributed by atoms with E-state index >= 15 is 0 Å². The van der Waals surface area contributed by atoms with E-state index < -0.39 is 31.1 Å². The van der Waals surface area contributed by atoms with Crippen LogP contribution in [-0.4, -0.2) is 32.5 Å². The van der Waals surface area contributed by atoms with Crippen LogP contribution < -0.4 is 0 Å². The lowest BCUT2D eigenvalue weighted by Gasteiger charge is -2.20. The summed E-state index contributed by atoms with van der Waals surface area (Å²) in [6, 6.07) is 0. The van der Waals surface area contributed by atoms with Gasteiger partial charge in [-0.2, -0.15) is 17.6 Å². The minimum absolute atomic E-state index is 0.511. The Balaban J connectivity index is 3.04. The van der Waals surface area contributed by atoms with E-state index in [4.69, 9.17) is 5.11 Å². The van der Waals surface area contributed by atoms with E-state index in [-0.39, 0.29) is 0 Å². The maximum atomic E-state index is 12.9. The molecule has 0 fully saturated rings. The van der Waals surface area contributed by atoms with Gasteiger partial charge in [0, 0.05) is 0 Å². The van der Waals surface area contributed by atoms with Crippen molar-refractivity contribution < 1.29 is 27.1 Å². The Hall–Kier alpha value is -1.25. The van der Waals surface area contributed by atoms with Crippen LogP contribution in [0.3, 0.4) is 0 Å². The van der Waals surface area contributed by atoms with Gasteiger partial charge in [0.25, 0.3) is 0 Å². The lowest BCUT2D eigenvalue weighted by molar-refractivity contribution is -0.226. The Morgan fingerprint density at radius 1 is 1.33 bits per heavy atom. The summed E-state index contributed by atoms with van der Waals surface area (Å²) in [5, 5.41) is 11.3. The normalized spacial score (nSPS) is 13.2. The topological polar surface area (TPSA) is 50.9 Å². The number of hydrogen-bond acceptors (Lipinski definition) is 3. The summed E-state index contributed by atoms with van der Waals surface area (Å²) in [5.74, 6) is -11.2. The molecule has 9 heteroatoms. The first-order chi connectivity index (χ1) is 6.85. The first-order valence-corrected chi connectivity index (χ1v) is 3.67. The maximum Gasteiger partial charge on any atom is 0.372 e. The van der Waals surface area contributed by atoms with Crippen molar-refractivity contribution in [3.63, 3.8) is 0 Å². The number of nitrogens with zero attached hydrogens (tertiary/aromatic N) is 3. The SMILES string of the molecule is OCn1cnc(C(F)(F)C(F)(F)CF)n1. The molecular weight excluding hydrogens is 225 g/mol. The van der Waals surface area contributed by atoms with Gasteiger partial charge < -0.3 is 5.11 Å². The summed E-state index contributed by atoms with van der Waals surface area (Å²) in [4.78, 5) is 2.87. The molecule has 0 radical (unpaired) electrons. The fourth-order valence-corrected chi connectivity index (χ4v) is 0.754. The number of rotatable bonds is 4. The molecule has 0 atom stereocenters. The molecular formula is C6H6F5N3O. The van der Waals surface area contributed by atoms with E-state index in [0.29, 0.717) is 11.0 Å². The Morgan fingerprint density at radius 3 is 2.33 bits per heavy atom. The van der Waals surface area contributed by atoms with E-state index in [1.807, 2.05) is 0 Å². The molecule has 0 bridgehead atoms. The smallest absolute Gasteiger partial charge is 0.372 e. The standard InChI is InChI=1S/C6H6F5N3O/c7-1-5(8,9)6(10,11)4-12-2-14(3-15)13-4/h2,15H,1,3H2. The first kappa shape index (κ1) is 11.8. The highest BCUT2D eigenvalue weighted by atomic mass is 19.3. The van der Waals surface area contributed by atoms with Crippen molar-refractivity contribution >= 4 is 0 Å². The van der Waals surface area contributed by atoms with Crippen LogP contribution in [0.2, 0.25) is 0 Å². The lowest BCUT2D eigenvalue weighted by Crippen LogP contribution is -2.40. The van der Waals surface area contributed by atoms with Crippen molar-refractivity contribution in [2.75, 3.05) is 6.67 Å². The van der Waals surface area contributed by atoms with E-state index in [1.54, 1.807) is 0 Å². The summed E-state index contributed by atoms with van der Waals surface area (Å²) in [6.07, 6.45) is 0.636. The van der Waals surface area contributed by atoms with Crippen LogP contribution in [0.15, 0.2) is 6.33 Å². The zero-order valence-corrected chi connectivity index (χ0v) is 7.17. The van der Waals surface area contributed by atoms with Crippen LogP contribution in [0, 0.1) is 0 Å². The molecule has 0 aliphatic heterocycles. The van der Waals surface area contributed by atoms with Crippen molar-refractivity contribution in [3.05, 3.63) is 12.2 Å². The Labute approximate surface area is 80.3 Å².